The van der Waals surface area contributed by atoms with Gasteiger partial charge < -0.3 is 15.4 Å². The fourth-order valence-corrected chi connectivity index (χ4v) is 3.86. The van der Waals surface area contributed by atoms with Crippen molar-refractivity contribution in [2.45, 2.75) is 46.1 Å². The van der Waals surface area contributed by atoms with Crippen molar-refractivity contribution in [3.05, 3.63) is 51.5 Å². The van der Waals surface area contributed by atoms with Crippen LogP contribution in [0.1, 0.15) is 65.1 Å². The van der Waals surface area contributed by atoms with E-state index in [1.165, 1.54) is 16.9 Å². The molecule has 152 valence electrons. The van der Waals surface area contributed by atoms with Gasteiger partial charge in [-0.3, -0.25) is 4.99 Å². The van der Waals surface area contributed by atoms with E-state index in [-0.39, 0.29) is 12.0 Å². The summed E-state index contributed by atoms with van der Waals surface area (Å²) in [6.07, 6.45) is 1.04. The summed E-state index contributed by atoms with van der Waals surface area (Å²) in [6.45, 7) is 8.97. The Hall–Kier alpha value is -2.41. The third-order valence-corrected chi connectivity index (χ3v) is 5.82. The molecule has 28 heavy (non-hydrogen) atoms. The second-order valence-corrected chi connectivity index (χ2v) is 7.55. The first-order chi connectivity index (χ1) is 13.5. The van der Waals surface area contributed by atoms with Gasteiger partial charge in [0, 0.05) is 19.5 Å². The Labute approximate surface area is 171 Å². The SMILES string of the molecule is CCOC(=O)c1sc(C(C)NC(=NC)NCC(CC)c2ccccc2)nc1C. The largest absolute Gasteiger partial charge is 0.462 e. The zero-order chi connectivity index (χ0) is 20.5. The normalized spacial score (nSPS) is 13.7. The van der Waals surface area contributed by atoms with Gasteiger partial charge in [0.15, 0.2) is 5.96 Å². The third kappa shape index (κ3) is 5.79. The molecule has 2 N–H and O–H groups in total. The summed E-state index contributed by atoms with van der Waals surface area (Å²) in [5, 5.41) is 7.60. The van der Waals surface area contributed by atoms with Crippen molar-refractivity contribution >= 4 is 23.3 Å². The Kier molecular flexibility index (Phi) is 8.44. The maximum absolute atomic E-state index is 12.0. The summed E-state index contributed by atoms with van der Waals surface area (Å²) in [7, 11) is 1.75. The molecule has 7 heteroatoms. The van der Waals surface area contributed by atoms with Crippen LogP contribution in [0, 0.1) is 6.92 Å². The van der Waals surface area contributed by atoms with Crippen molar-refractivity contribution in [1.82, 2.24) is 15.6 Å². The number of carbonyl (C=O) groups excluding carboxylic acids is 1. The van der Waals surface area contributed by atoms with Gasteiger partial charge in [0.25, 0.3) is 0 Å². The van der Waals surface area contributed by atoms with Crippen molar-refractivity contribution in [2.75, 3.05) is 20.2 Å². The quantitative estimate of drug-likeness (QED) is 0.396. The molecule has 0 aliphatic rings. The van der Waals surface area contributed by atoms with Crippen LogP contribution < -0.4 is 10.6 Å². The molecule has 0 saturated carbocycles. The standard InChI is InChI=1S/C21H30N4O2S/c1-6-16(17-11-9-8-10-12-17)13-23-21(22-5)25-15(4)19-24-14(3)18(28-19)20(26)27-7-2/h8-12,15-16H,6-7,13H2,1-5H3,(H2,22,23,25). The summed E-state index contributed by atoms with van der Waals surface area (Å²) in [6, 6.07) is 10.4. The molecular formula is C21H30N4O2S. The van der Waals surface area contributed by atoms with Gasteiger partial charge in [0.05, 0.1) is 18.3 Å². The minimum Gasteiger partial charge on any atom is -0.462 e. The van der Waals surface area contributed by atoms with E-state index < -0.39 is 0 Å². The van der Waals surface area contributed by atoms with Crippen LogP contribution in [0.3, 0.4) is 0 Å². The number of aliphatic imine (C=N–C) groups is 1. The number of rotatable bonds is 8. The monoisotopic (exact) mass is 402 g/mol. The van der Waals surface area contributed by atoms with Gasteiger partial charge in [-0.25, -0.2) is 9.78 Å². The number of hydrogen-bond acceptors (Lipinski definition) is 5. The first-order valence-corrected chi connectivity index (χ1v) is 10.5. The molecule has 0 radical (unpaired) electrons. The maximum atomic E-state index is 12.0. The van der Waals surface area contributed by atoms with E-state index in [1.54, 1.807) is 14.0 Å². The number of esters is 1. The molecule has 1 heterocycles. The molecule has 2 atom stereocenters. The Morgan fingerprint density at radius 3 is 2.61 bits per heavy atom. The fourth-order valence-electron chi connectivity index (χ4n) is 2.89. The summed E-state index contributed by atoms with van der Waals surface area (Å²) in [5.74, 6) is 0.812. The average molecular weight is 403 g/mol. The van der Waals surface area contributed by atoms with Gasteiger partial charge >= 0.3 is 5.97 Å². The number of ether oxygens (including phenoxy) is 1. The van der Waals surface area contributed by atoms with Gasteiger partial charge in [0.2, 0.25) is 0 Å². The molecule has 2 aromatic rings. The first kappa shape index (κ1) is 21.9. The van der Waals surface area contributed by atoms with Crippen LogP contribution in [0.4, 0.5) is 0 Å². The Morgan fingerprint density at radius 1 is 1.29 bits per heavy atom. The zero-order valence-corrected chi connectivity index (χ0v) is 18.1. The van der Waals surface area contributed by atoms with Crippen molar-refractivity contribution in [2.24, 2.45) is 4.99 Å². The second-order valence-electron chi connectivity index (χ2n) is 6.52. The number of hydrogen-bond donors (Lipinski definition) is 2. The number of benzene rings is 1. The van der Waals surface area contributed by atoms with Crippen LogP contribution in [-0.4, -0.2) is 37.1 Å². The van der Waals surface area contributed by atoms with Crippen molar-refractivity contribution in [3.63, 3.8) is 0 Å². The van der Waals surface area contributed by atoms with Crippen molar-refractivity contribution in [3.8, 4) is 0 Å². The Balaban J connectivity index is 1.99. The van der Waals surface area contributed by atoms with Crippen LogP contribution in [0.5, 0.6) is 0 Å². The zero-order valence-electron chi connectivity index (χ0n) is 17.3. The molecule has 1 aromatic carbocycles. The topological polar surface area (TPSA) is 75.6 Å². The Bertz CT molecular complexity index is 789. The number of carbonyl (C=O) groups is 1. The van der Waals surface area contributed by atoms with E-state index in [4.69, 9.17) is 4.74 Å². The smallest absolute Gasteiger partial charge is 0.350 e. The lowest BCUT2D eigenvalue weighted by Gasteiger charge is -2.20. The minimum absolute atomic E-state index is 0.0742. The molecule has 2 unspecified atom stereocenters. The number of nitrogens with zero attached hydrogens (tertiary/aromatic N) is 2. The number of guanidine groups is 1. The summed E-state index contributed by atoms with van der Waals surface area (Å²) in [5.41, 5.74) is 2.01. The molecule has 0 bridgehead atoms. The van der Waals surface area contributed by atoms with Crippen LogP contribution >= 0.6 is 11.3 Å². The van der Waals surface area contributed by atoms with E-state index in [0.29, 0.717) is 29.1 Å². The molecule has 2 rings (SSSR count). The Morgan fingerprint density at radius 2 is 2.00 bits per heavy atom. The van der Waals surface area contributed by atoms with Crippen LogP contribution in [0.25, 0.3) is 0 Å². The highest BCUT2D eigenvalue weighted by Gasteiger charge is 2.20. The van der Waals surface area contributed by atoms with Crippen LogP contribution in [-0.2, 0) is 4.74 Å². The van der Waals surface area contributed by atoms with E-state index in [0.717, 1.165) is 18.0 Å². The highest BCUT2D eigenvalue weighted by molar-refractivity contribution is 7.13. The van der Waals surface area contributed by atoms with E-state index >= 15 is 0 Å². The third-order valence-electron chi connectivity index (χ3n) is 4.50. The number of aryl methyl sites for hydroxylation is 1. The number of nitrogens with one attached hydrogen (secondary N) is 2. The molecule has 0 amide bonds. The molecule has 1 aromatic heterocycles. The van der Waals surface area contributed by atoms with Crippen molar-refractivity contribution < 1.29 is 9.53 Å². The predicted octanol–water partition coefficient (Wildman–Crippen LogP) is 4.05. The highest BCUT2D eigenvalue weighted by Crippen LogP contribution is 2.24. The lowest BCUT2D eigenvalue weighted by atomic mass is 9.97. The first-order valence-electron chi connectivity index (χ1n) is 9.66. The van der Waals surface area contributed by atoms with Gasteiger partial charge in [-0.1, -0.05) is 37.3 Å². The fraction of sp³-hybridized carbons (Fsp3) is 0.476. The predicted molar refractivity (Wildman–Crippen MR) is 115 cm³/mol. The van der Waals surface area contributed by atoms with E-state index in [9.17, 15) is 4.79 Å². The van der Waals surface area contributed by atoms with E-state index in [1.807, 2.05) is 19.9 Å². The highest BCUT2D eigenvalue weighted by atomic mass is 32.1. The maximum Gasteiger partial charge on any atom is 0.350 e. The average Bonchev–Trinajstić information content (AvgIpc) is 3.10. The molecule has 0 spiro atoms. The van der Waals surface area contributed by atoms with Gasteiger partial charge in [-0.2, -0.15) is 0 Å². The molecule has 0 fully saturated rings. The summed E-state index contributed by atoms with van der Waals surface area (Å²) in [4.78, 5) is 21.4. The van der Waals surface area contributed by atoms with Gasteiger partial charge in [-0.05, 0) is 32.8 Å². The summed E-state index contributed by atoms with van der Waals surface area (Å²) >= 11 is 1.36. The van der Waals surface area contributed by atoms with Crippen LogP contribution in [0.2, 0.25) is 0 Å². The molecule has 0 saturated heterocycles. The van der Waals surface area contributed by atoms with Crippen molar-refractivity contribution in [1.29, 1.82) is 0 Å². The molecular weight excluding hydrogens is 372 g/mol. The molecule has 0 aliphatic carbocycles. The van der Waals surface area contributed by atoms with E-state index in [2.05, 4.69) is 51.8 Å². The molecule has 6 nitrogen and oxygen atoms in total. The van der Waals surface area contributed by atoms with Gasteiger partial charge in [0.1, 0.15) is 9.88 Å². The van der Waals surface area contributed by atoms with Crippen LogP contribution in [0.15, 0.2) is 35.3 Å². The summed E-state index contributed by atoms with van der Waals surface area (Å²) < 4.78 is 5.10. The van der Waals surface area contributed by atoms with Gasteiger partial charge in [-0.15, -0.1) is 11.3 Å². The lowest BCUT2D eigenvalue weighted by Crippen LogP contribution is -2.40. The lowest BCUT2D eigenvalue weighted by molar-refractivity contribution is 0.0531. The number of thiazole rings is 1. The molecule has 0 aliphatic heterocycles. The minimum atomic E-state index is -0.313. The second kappa shape index (κ2) is 10.8. The number of aromatic nitrogens is 1.